The smallest absolute Gasteiger partial charge is 0.493 e. The Balaban J connectivity index is 2.32. The summed E-state index contributed by atoms with van der Waals surface area (Å²) in [5.74, 6) is -1.92. The van der Waals surface area contributed by atoms with Gasteiger partial charge in [0.15, 0.2) is 11.5 Å². The monoisotopic (exact) mass is 488 g/mol. The number of alkyl halides is 3. The van der Waals surface area contributed by atoms with Gasteiger partial charge in [-0.15, -0.1) is 0 Å². The van der Waals surface area contributed by atoms with Crippen LogP contribution in [-0.4, -0.2) is 57.5 Å². The zero-order chi connectivity index (χ0) is 21.1. The first kappa shape index (κ1) is 22.8. The zero-order valence-corrected chi connectivity index (χ0v) is 17.6. The molecule has 12 heteroatoms. The molecule has 1 atom stereocenters. The summed E-state index contributed by atoms with van der Waals surface area (Å²) in [6, 6.07) is 2.48. The third-order valence-electron chi connectivity index (χ3n) is 4.36. The van der Waals surface area contributed by atoms with E-state index in [1.165, 1.54) is 12.1 Å². The summed E-state index contributed by atoms with van der Waals surface area (Å²) in [5.41, 5.74) is -6.04. The number of halogens is 4. The van der Waals surface area contributed by atoms with Crippen LogP contribution in [0.4, 0.5) is 13.2 Å². The van der Waals surface area contributed by atoms with E-state index in [9.17, 15) is 26.4 Å². The van der Waals surface area contributed by atoms with Gasteiger partial charge in [0.2, 0.25) is 0 Å². The van der Waals surface area contributed by atoms with Gasteiger partial charge in [-0.25, -0.2) is 0 Å². The van der Waals surface area contributed by atoms with Crippen molar-refractivity contribution in [3.05, 3.63) is 22.2 Å². The van der Waals surface area contributed by atoms with E-state index in [4.69, 9.17) is 4.74 Å². The molecule has 0 radical (unpaired) electrons. The van der Waals surface area contributed by atoms with Gasteiger partial charge in [0.25, 0.3) is 5.91 Å². The standard InChI is InChI=1S/C16H20BrF3N2O5S/c1-3-22-6-4-5-11(22)9-21-15(23)12-7-10(17)8-13(26-2)14(12)27-28(24,25)16(18,19)20/h7-8,11H,3-6,9H2,1-2H3,(H,21,23)/t11-/m0/s1. The van der Waals surface area contributed by atoms with Gasteiger partial charge in [-0.2, -0.15) is 21.6 Å². The number of nitrogens with one attached hydrogen (secondary N) is 1. The number of likely N-dealkylation sites (tertiary alicyclic amines) is 1. The normalized spacial score (nSPS) is 18.1. The van der Waals surface area contributed by atoms with Crippen molar-refractivity contribution in [3.63, 3.8) is 0 Å². The first-order valence-corrected chi connectivity index (χ1v) is 10.6. The van der Waals surface area contributed by atoms with Crippen LogP contribution in [0, 0.1) is 0 Å². The number of likely N-dealkylation sites (N-methyl/N-ethyl adjacent to an activating group) is 1. The van der Waals surface area contributed by atoms with Crippen LogP contribution >= 0.6 is 15.9 Å². The highest BCUT2D eigenvalue weighted by atomic mass is 79.9. The summed E-state index contributed by atoms with van der Waals surface area (Å²) in [6.45, 7) is 3.98. The number of ether oxygens (including phenoxy) is 1. The Hall–Kier alpha value is -1.53. The van der Waals surface area contributed by atoms with E-state index >= 15 is 0 Å². The molecule has 1 aliphatic heterocycles. The maximum Gasteiger partial charge on any atom is 0.534 e. The minimum atomic E-state index is -5.98. The molecule has 0 aliphatic carbocycles. The molecular weight excluding hydrogens is 469 g/mol. The summed E-state index contributed by atoms with van der Waals surface area (Å²) < 4.78 is 70.5. The van der Waals surface area contributed by atoms with Gasteiger partial charge in [-0.1, -0.05) is 22.9 Å². The van der Waals surface area contributed by atoms with Crippen LogP contribution in [0.2, 0.25) is 0 Å². The lowest BCUT2D eigenvalue weighted by molar-refractivity contribution is -0.0500. The second kappa shape index (κ2) is 8.87. The Bertz CT molecular complexity index is 832. The van der Waals surface area contributed by atoms with Crippen molar-refractivity contribution < 1.29 is 35.3 Å². The molecule has 1 aromatic carbocycles. The number of rotatable bonds is 7. The van der Waals surface area contributed by atoms with Crippen LogP contribution in [-0.2, 0) is 10.1 Å². The van der Waals surface area contributed by atoms with Gasteiger partial charge in [-0.3, -0.25) is 9.69 Å². The number of carbonyl (C=O) groups excluding carboxylic acids is 1. The Morgan fingerprint density at radius 3 is 2.64 bits per heavy atom. The van der Waals surface area contributed by atoms with Crippen molar-refractivity contribution >= 4 is 32.0 Å². The van der Waals surface area contributed by atoms with E-state index in [1.54, 1.807) is 0 Å². The maximum atomic E-state index is 12.7. The van der Waals surface area contributed by atoms with Gasteiger partial charge < -0.3 is 14.2 Å². The molecule has 1 saturated heterocycles. The molecule has 2 rings (SSSR count). The van der Waals surface area contributed by atoms with Gasteiger partial charge >= 0.3 is 15.6 Å². The van der Waals surface area contributed by atoms with Crippen molar-refractivity contribution in [2.24, 2.45) is 0 Å². The molecule has 158 valence electrons. The van der Waals surface area contributed by atoms with Crippen LogP contribution in [0.1, 0.15) is 30.1 Å². The molecule has 7 nitrogen and oxygen atoms in total. The lowest BCUT2D eigenvalue weighted by Gasteiger charge is -2.23. The molecule has 1 N–H and O–H groups in total. The molecule has 0 unspecified atom stereocenters. The molecule has 1 amide bonds. The van der Waals surface area contributed by atoms with E-state index in [2.05, 4.69) is 30.3 Å². The van der Waals surface area contributed by atoms with Gasteiger partial charge in [0, 0.05) is 17.1 Å². The molecule has 1 heterocycles. The van der Waals surface area contributed by atoms with Crippen LogP contribution in [0.5, 0.6) is 11.5 Å². The number of carbonyl (C=O) groups is 1. The molecule has 0 spiro atoms. The lowest BCUT2D eigenvalue weighted by atomic mass is 10.1. The Morgan fingerprint density at radius 2 is 2.07 bits per heavy atom. The van der Waals surface area contributed by atoms with E-state index < -0.39 is 27.3 Å². The number of hydrogen-bond donors (Lipinski definition) is 1. The molecule has 28 heavy (non-hydrogen) atoms. The van der Waals surface area contributed by atoms with Crippen molar-refractivity contribution in [2.45, 2.75) is 31.3 Å². The van der Waals surface area contributed by atoms with Crippen LogP contribution in [0.3, 0.4) is 0 Å². The average molecular weight is 489 g/mol. The van der Waals surface area contributed by atoms with Gasteiger partial charge in [-0.05, 0) is 38.1 Å². The van der Waals surface area contributed by atoms with Crippen LogP contribution < -0.4 is 14.2 Å². The minimum absolute atomic E-state index is 0.103. The molecule has 0 aromatic heterocycles. The fourth-order valence-electron chi connectivity index (χ4n) is 2.98. The second-order valence-corrected chi connectivity index (χ2v) is 8.56. The third-order valence-corrected chi connectivity index (χ3v) is 5.78. The molecule has 1 aromatic rings. The van der Waals surface area contributed by atoms with Crippen LogP contribution in [0.15, 0.2) is 16.6 Å². The van der Waals surface area contributed by atoms with Gasteiger partial charge in [0.1, 0.15) is 0 Å². The number of hydrogen-bond acceptors (Lipinski definition) is 6. The average Bonchev–Trinajstić information content (AvgIpc) is 3.07. The van der Waals surface area contributed by atoms with E-state index in [-0.39, 0.29) is 23.9 Å². The van der Waals surface area contributed by atoms with Crippen molar-refractivity contribution in [3.8, 4) is 11.5 Å². The minimum Gasteiger partial charge on any atom is -0.493 e. The van der Waals surface area contributed by atoms with Gasteiger partial charge in [0.05, 0.1) is 12.7 Å². The van der Waals surface area contributed by atoms with Crippen molar-refractivity contribution in [1.29, 1.82) is 0 Å². The Morgan fingerprint density at radius 1 is 1.39 bits per heavy atom. The summed E-state index contributed by atoms with van der Waals surface area (Å²) >= 11 is 3.12. The summed E-state index contributed by atoms with van der Waals surface area (Å²) in [6.07, 6.45) is 1.86. The largest absolute Gasteiger partial charge is 0.534 e. The second-order valence-electron chi connectivity index (χ2n) is 6.10. The third kappa shape index (κ3) is 5.09. The van der Waals surface area contributed by atoms with Crippen molar-refractivity contribution in [2.75, 3.05) is 26.7 Å². The highest BCUT2D eigenvalue weighted by Crippen LogP contribution is 2.38. The highest BCUT2D eigenvalue weighted by Gasteiger charge is 2.49. The Kier molecular flexibility index (Phi) is 7.21. The molecule has 0 bridgehead atoms. The predicted octanol–water partition coefficient (Wildman–Crippen LogP) is 2.90. The first-order chi connectivity index (χ1) is 13.0. The molecule has 1 fully saturated rings. The number of benzene rings is 1. The predicted molar refractivity (Wildman–Crippen MR) is 98.9 cm³/mol. The summed E-state index contributed by atoms with van der Waals surface area (Å²) in [7, 11) is -4.86. The van der Waals surface area contributed by atoms with E-state index in [0.717, 1.165) is 33.0 Å². The number of amides is 1. The molecule has 1 aliphatic rings. The van der Waals surface area contributed by atoms with Crippen molar-refractivity contribution in [1.82, 2.24) is 10.2 Å². The maximum absolute atomic E-state index is 12.7. The highest BCUT2D eigenvalue weighted by molar-refractivity contribution is 9.10. The number of nitrogens with zero attached hydrogens (tertiary/aromatic N) is 1. The van der Waals surface area contributed by atoms with Crippen LogP contribution in [0.25, 0.3) is 0 Å². The number of methoxy groups -OCH3 is 1. The molecule has 0 saturated carbocycles. The summed E-state index contributed by atoms with van der Waals surface area (Å²) in [4.78, 5) is 14.8. The fourth-order valence-corrected chi connectivity index (χ4v) is 3.90. The zero-order valence-electron chi connectivity index (χ0n) is 15.2. The fraction of sp³-hybridized carbons (Fsp3) is 0.562. The SMILES string of the molecule is CCN1CCC[C@H]1CNC(=O)c1cc(Br)cc(OC)c1OS(=O)(=O)C(F)(F)F. The van der Waals surface area contributed by atoms with E-state index in [1.807, 2.05) is 6.92 Å². The van der Waals surface area contributed by atoms with E-state index in [0.29, 0.717) is 4.47 Å². The quantitative estimate of drug-likeness (QED) is 0.469. The Labute approximate surface area is 169 Å². The molecular formula is C16H20BrF3N2O5S. The summed E-state index contributed by atoms with van der Waals surface area (Å²) in [5, 5.41) is 2.64. The first-order valence-electron chi connectivity index (χ1n) is 8.40. The lowest BCUT2D eigenvalue weighted by Crippen LogP contribution is -2.40. The topological polar surface area (TPSA) is 84.9 Å².